The lowest BCUT2D eigenvalue weighted by atomic mass is 9.94. The van der Waals surface area contributed by atoms with E-state index in [4.69, 9.17) is 15.8 Å². The third kappa shape index (κ3) is 3.54. The third-order valence-electron chi connectivity index (χ3n) is 3.03. The van der Waals surface area contributed by atoms with E-state index in [-0.39, 0.29) is 6.10 Å². The molecule has 0 atom stereocenters. The predicted octanol–water partition coefficient (Wildman–Crippen LogP) is 1.57. The summed E-state index contributed by atoms with van der Waals surface area (Å²) in [7, 11) is 0. The molecule has 0 unspecified atom stereocenters. The van der Waals surface area contributed by atoms with Crippen molar-refractivity contribution < 1.29 is 4.84 Å². The van der Waals surface area contributed by atoms with Gasteiger partial charge in [0.25, 0.3) is 0 Å². The second kappa shape index (κ2) is 6.12. The van der Waals surface area contributed by atoms with Crippen LogP contribution in [0.3, 0.4) is 0 Å². The van der Waals surface area contributed by atoms with E-state index in [0.29, 0.717) is 17.3 Å². The number of nitrogens with two attached hydrogens (primary N) is 1. The minimum Gasteiger partial charge on any atom is -0.392 e. The molecule has 1 aromatic heterocycles. The molecule has 0 saturated heterocycles. The molecule has 1 saturated carbocycles. The van der Waals surface area contributed by atoms with Crippen molar-refractivity contribution in [2.24, 2.45) is 10.9 Å². The highest BCUT2D eigenvalue weighted by atomic mass is 16.6. The zero-order valence-electron chi connectivity index (χ0n) is 10.1. The second-order valence-corrected chi connectivity index (χ2v) is 4.46. The number of pyridine rings is 1. The Morgan fingerprint density at radius 2 is 2.17 bits per heavy atom. The fraction of sp³-hybridized carbons (Fsp3) is 0.462. The predicted molar refractivity (Wildman–Crippen MR) is 67.9 cm³/mol. The first-order chi connectivity index (χ1) is 8.78. The van der Waals surface area contributed by atoms with E-state index in [0.717, 1.165) is 25.7 Å². The van der Waals surface area contributed by atoms with Crippen LogP contribution in [0.25, 0.3) is 0 Å². The summed E-state index contributed by atoms with van der Waals surface area (Å²) in [6.45, 7) is 0. The van der Waals surface area contributed by atoms with Crippen molar-refractivity contribution in [3.63, 3.8) is 0 Å². The van der Waals surface area contributed by atoms with Gasteiger partial charge in [0.15, 0.2) is 0 Å². The van der Waals surface area contributed by atoms with Gasteiger partial charge >= 0.3 is 0 Å². The van der Waals surface area contributed by atoms with Gasteiger partial charge in [-0.15, -0.1) is 0 Å². The zero-order valence-corrected chi connectivity index (χ0v) is 10.1. The molecule has 0 radical (unpaired) electrons. The van der Waals surface area contributed by atoms with Gasteiger partial charge in [-0.3, -0.25) is 4.98 Å². The molecular weight excluding hydrogens is 228 g/mol. The number of nitrogens with zero attached hydrogens (tertiary/aromatic N) is 3. The standard InChI is InChI=1S/C13H16N4O/c14-7-10-1-4-12(16-8-10)9-17-18-13-5-2-11(15)3-6-13/h1,4,8-9,11,13H,2-3,5-6,15H2/t11-,13+. The molecule has 5 heteroatoms. The molecule has 1 aromatic rings. The van der Waals surface area contributed by atoms with Gasteiger partial charge in [0.05, 0.1) is 17.5 Å². The van der Waals surface area contributed by atoms with Gasteiger partial charge in [0.1, 0.15) is 12.2 Å². The topological polar surface area (TPSA) is 84.3 Å². The number of oxime groups is 1. The molecule has 2 N–H and O–H groups in total. The normalized spacial score (nSPS) is 23.8. The van der Waals surface area contributed by atoms with Crippen molar-refractivity contribution in [1.82, 2.24) is 4.98 Å². The van der Waals surface area contributed by atoms with Gasteiger partial charge in [-0.1, -0.05) is 5.16 Å². The Hall–Kier alpha value is -1.93. The Balaban J connectivity index is 1.82. The van der Waals surface area contributed by atoms with Crippen LogP contribution in [0, 0.1) is 11.3 Å². The number of nitriles is 1. The van der Waals surface area contributed by atoms with Crippen LogP contribution in [-0.2, 0) is 4.84 Å². The molecule has 5 nitrogen and oxygen atoms in total. The van der Waals surface area contributed by atoms with E-state index in [1.54, 1.807) is 18.3 Å². The summed E-state index contributed by atoms with van der Waals surface area (Å²) in [5, 5.41) is 12.6. The Labute approximate surface area is 106 Å². The lowest BCUT2D eigenvalue weighted by Gasteiger charge is -2.23. The molecule has 1 fully saturated rings. The Kier molecular flexibility index (Phi) is 4.26. The summed E-state index contributed by atoms with van der Waals surface area (Å²) in [5.41, 5.74) is 7.03. The van der Waals surface area contributed by atoms with Crippen LogP contribution < -0.4 is 5.73 Å². The smallest absolute Gasteiger partial charge is 0.127 e. The van der Waals surface area contributed by atoms with Crippen molar-refractivity contribution >= 4 is 6.21 Å². The Bertz CT molecular complexity index is 441. The quantitative estimate of drug-likeness (QED) is 0.646. The molecule has 2 rings (SSSR count). The molecule has 1 aliphatic carbocycles. The number of aromatic nitrogens is 1. The molecule has 18 heavy (non-hydrogen) atoms. The average Bonchev–Trinajstić information content (AvgIpc) is 2.42. The monoisotopic (exact) mass is 244 g/mol. The number of hydrogen-bond donors (Lipinski definition) is 1. The summed E-state index contributed by atoms with van der Waals surface area (Å²) in [4.78, 5) is 9.47. The van der Waals surface area contributed by atoms with Crippen molar-refractivity contribution in [2.75, 3.05) is 0 Å². The SMILES string of the molecule is N#Cc1ccc(C=NO[C@H]2CC[C@@H](N)CC2)nc1. The highest BCUT2D eigenvalue weighted by molar-refractivity contribution is 5.76. The largest absolute Gasteiger partial charge is 0.392 e. The lowest BCUT2D eigenvalue weighted by molar-refractivity contribution is 0.0305. The molecule has 0 aromatic carbocycles. The minimum absolute atomic E-state index is 0.166. The van der Waals surface area contributed by atoms with E-state index in [9.17, 15) is 0 Å². The number of rotatable bonds is 3. The van der Waals surface area contributed by atoms with Crippen LogP contribution in [0.15, 0.2) is 23.5 Å². The van der Waals surface area contributed by atoms with E-state index in [1.807, 2.05) is 6.07 Å². The van der Waals surface area contributed by atoms with Crippen molar-refractivity contribution in [1.29, 1.82) is 5.26 Å². The van der Waals surface area contributed by atoms with Crippen LogP contribution in [0.2, 0.25) is 0 Å². The van der Waals surface area contributed by atoms with Crippen molar-refractivity contribution in [3.8, 4) is 6.07 Å². The van der Waals surface area contributed by atoms with Gasteiger partial charge in [-0.2, -0.15) is 5.26 Å². The van der Waals surface area contributed by atoms with Crippen molar-refractivity contribution in [3.05, 3.63) is 29.6 Å². The summed E-state index contributed by atoms with van der Waals surface area (Å²) < 4.78 is 0. The van der Waals surface area contributed by atoms with E-state index in [2.05, 4.69) is 10.1 Å². The van der Waals surface area contributed by atoms with E-state index < -0.39 is 0 Å². The number of hydrogen-bond acceptors (Lipinski definition) is 5. The molecule has 1 heterocycles. The van der Waals surface area contributed by atoms with Crippen molar-refractivity contribution in [2.45, 2.75) is 37.8 Å². The maximum absolute atomic E-state index is 8.64. The van der Waals surface area contributed by atoms with Gasteiger partial charge in [-0.25, -0.2) is 0 Å². The van der Waals surface area contributed by atoms with Gasteiger partial charge < -0.3 is 10.6 Å². The summed E-state index contributed by atoms with van der Waals surface area (Å²) in [6.07, 6.45) is 7.15. The molecule has 1 aliphatic rings. The summed E-state index contributed by atoms with van der Waals surface area (Å²) in [6, 6.07) is 5.77. The highest BCUT2D eigenvalue weighted by Crippen LogP contribution is 2.19. The minimum atomic E-state index is 0.166. The average molecular weight is 244 g/mol. The summed E-state index contributed by atoms with van der Waals surface area (Å²) in [5.74, 6) is 0. The van der Waals surface area contributed by atoms with E-state index in [1.165, 1.54) is 6.20 Å². The third-order valence-corrected chi connectivity index (χ3v) is 3.03. The molecule has 0 bridgehead atoms. The Morgan fingerprint density at radius 1 is 1.39 bits per heavy atom. The van der Waals surface area contributed by atoms with Gasteiger partial charge in [0.2, 0.25) is 0 Å². The molecular formula is C13H16N4O. The highest BCUT2D eigenvalue weighted by Gasteiger charge is 2.19. The van der Waals surface area contributed by atoms with Crippen LogP contribution in [0.5, 0.6) is 0 Å². The Morgan fingerprint density at radius 3 is 2.78 bits per heavy atom. The van der Waals surface area contributed by atoms with Crippen LogP contribution in [0.1, 0.15) is 36.9 Å². The molecule has 0 spiro atoms. The fourth-order valence-electron chi connectivity index (χ4n) is 1.91. The second-order valence-electron chi connectivity index (χ2n) is 4.46. The molecule has 94 valence electrons. The molecule has 0 amide bonds. The summed E-state index contributed by atoms with van der Waals surface area (Å²) >= 11 is 0. The van der Waals surface area contributed by atoms with Gasteiger partial charge in [0, 0.05) is 12.2 Å². The lowest BCUT2D eigenvalue weighted by Crippen LogP contribution is -2.29. The van der Waals surface area contributed by atoms with Crippen LogP contribution in [-0.4, -0.2) is 23.3 Å². The van der Waals surface area contributed by atoms with Crippen LogP contribution in [0.4, 0.5) is 0 Å². The fourth-order valence-corrected chi connectivity index (χ4v) is 1.91. The maximum atomic E-state index is 8.64. The first kappa shape index (κ1) is 12.5. The molecule has 0 aliphatic heterocycles. The zero-order chi connectivity index (χ0) is 12.8. The van der Waals surface area contributed by atoms with Crippen LogP contribution >= 0.6 is 0 Å². The van der Waals surface area contributed by atoms with Gasteiger partial charge in [-0.05, 0) is 37.8 Å². The van der Waals surface area contributed by atoms with E-state index >= 15 is 0 Å². The first-order valence-corrected chi connectivity index (χ1v) is 6.09. The maximum Gasteiger partial charge on any atom is 0.127 e. The first-order valence-electron chi connectivity index (χ1n) is 6.09.